The highest BCUT2D eigenvalue weighted by atomic mass is 16.1. The molecule has 0 saturated carbocycles. The van der Waals surface area contributed by atoms with Crippen LogP contribution in [-0.4, -0.2) is 9.97 Å². The Morgan fingerprint density at radius 3 is 1.97 bits per heavy atom. The van der Waals surface area contributed by atoms with Crippen LogP contribution in [0.3, 0.4) is 0 Å². The van der Waals surface area contributed by atoms with Crippen LogP contribution in [0.2, 0.25) is 0 Å². The number of para-hydroxylation sites is 1. The van der Waals surface area contributed by atoms with E-state index in [2.05, 4.69) is 43.7 Å². The molecule has 4 heteroatoms. The lowest BCUT2D eigenvalue weighted by atomic mass is 9.90. The Morgan fingerprint density at radius 2 is 1.26 bits per heavy atom. The smallest absolute Gasteiger partial charge is 0.197 e. The van der Waals surface area contributed by atoms with E-state index in [4.69, 9.17) is 0 Å². The maximum Gasteiger partial charge on any atom is 0.197 e. The Hall–Kier alpha value is -3.40. The van der Waals surface area contributed by atoms with Crippen LogP contribution in [0.1, 0.15) is 51.7 Å². The Balaban J connectivity index is 1.80. The molecule has 34 heavy (non-hydrogen) atoms. The average Bonchev–Trinajstić information content (AvgIpc) is 2.81. The molecule has 2 N–H and O–H groups in total. The molecule has 0 radical (unpaired) electrons. The molecule has 0 aliphatic heterocycles. The number of pyridine rings is 2. The molecule has 0 atom stereocenters. The van der Waals surface area contributed by atoms with Crippen LogP contribution in [0.15, 0.2) is 58.1 Å². The molecular formula is C30H32N2O2. The summed E-state index contributed by atoms with van der Waals surface area (Å²) in [7, 11) is 0. The lowest BCUT2D eigenvalue weighted by Crippen LogP contribution is -2.12. The molecule has 0 saturated heterocycles. The number of rotatable bonds is 6. The summed E-state index contributed by atoms with van der Waals surface area (Å²) in [6.45, 7) is 8.94. The van der Waals surface area contributed by atoms with Crippen molar-refractivity contribution >= 4 is 43.6 Å². The van der Waals surface area contributed by atoms with Crippen LogP contribution in [0.25, 0.3) is 43.6 Å². The number of aromatic amines is 2. The predicted molar refractivity (Wildman–Crippen MR) is 144 cm³/mol. The lowest BCUT2D eigenvalue weighted by molar-refractivity contribution is 0.572. The van der Waals surface area contributed by atoms with Gasteiger partial charge < -0.3 is 9.97 Å². The van der Waals surface area contributed by atoms with E-state index in [1.54, 1.807) is 0 Å². The third-order valence-electron chi connectivity index (χ3n) is 6.96. The van der Waals surface area contributed by atoms with E-state index in [-0.39, 0.29) is 10.9 Å². The van der Waals surface area contributed by atoms with Gasteiger partial charge in [-0.1, -0.05) is 45.9 Å². The van der Waals surface area contributed by atoms with Gasteiger partial charge in [-0.3, -0.25) is 9.59 Å². The first kappa shape index (κ1) is 22.4. The van der Waals surface area contributed by atoms with Gasteiger partial charge in [0, 0.05) is 27.1 Å². The van der Waals surface area contributed by atoms with Gasteiger partial charge in [0.1, 0.15) is 0 Å². The minimum atomic E-state index is -0.0196. The van der Waals surface area contributed by atoms with Gasteiger partial charge in [-0.25, -0.2) is 0 Å². The number of nitrogens with one attached hydrogen (secondary N) is 2. The van der Waals surface area contributed by atoms with Crippen LogP contribution in [-0.2, 0) is 12.8 Å². The second-order valence-electron chi connectivity index (χ2n) is 10.4. The van der Waals surface area contributed by atoms with Crippen molar-refractivity contribution in [2.45, 2.75) is 53.4 Å². The fraction of sp³-hybridized carbons (Fsp3) is 0.333. The van der Waals surface area contributed by atoms with Gasteiger partial charge in [0.15, 0.2) is 10.9 Å². The second-order valence-corrected chi connectivity index (χ2v) is 10.4. The van der Waals surface area contributed by atoms with Gasteiger partial charge in [0.2, 0.25) is 0 Å². The van der Waals surface area contributed by atoms with Crippen molar-refractivity contribution in [1.29, 1.82) is 0 Å². The molecule has 0 aliphatic carbocycles. The van der Waals surface area contributed by atoms with Crippen LogP contribution in [0.4, 0.5) is 0 Å². The third kappa shape index (κ3) is 3.91. The molecule has 0 spiro atoms. The van der Waals surface area contributed by atoms with E-state index in [9.17, 15) is 9.59 Å². The average molecular weight is 453 g/mol. The summed E-state index contributed by atoms with van der Waals surface area (Å²) in [5, 5.41) is 2.67. The summed E-state index contributed by atoms with van der Waals surface area (Å²) < 4.78 is 0. The van der Waals surface area contributed by atoms with E-state index in [1.165, 1.54) is 11.1 Å². The maximum atomic E-state index is 13.9. The second kappa shape index (κ2) is 8.75. The molecule has 3 aromatic carbocycles. The largest absolute Gasteiger partial charge is 0.354 e. The Kier molecular flexibility index (Phi) is 5.76. The molecule has 0 bridgehead atoms. The summed E-state index contributed by atoms with van der Waals surface area (Å²) in [5.41, 5.74) is 5.52. The highest BCUT2D eigenvalue weighted by molar-refractivity contribution is 6.03. The molecule has 0 aliphatic rings. The first-order valence-electron chi connectivity index (χ1n) is 12.4. The zero-order valence-corrected chi connectivity index (χ0v) is 20.4. The van der Waals surface area contributed by atoms with E-state index >= 15 is 0 Å². The molecule has 4 nitrogen and oxygen atoms in total. The molecular weight excluding hydrogens is 420 g/mol. The number of hydrogen-bond donors (Lipinski definition) is 2. The monoisotopic (exact) mass is 452 g/mol. The van der Waals surface area contributed by atoms with Crippen LogP contribution >= 0.6 is 0 Å². The zero-order valence-electron chi connectivity index (χ0n) is 20.4. The predicted octanol–water partition coefficient (Wildman–Crippen LogP) is 6.85. The number of aryl methyl sites for hydroxylation is 2. The van der Waals surface area contributed by atoms with Gasteiger partial charge in [-0.15, -0.1) is 0 Å². The van der Waals surface area contributed by atoms with Gasteiger partial charge >= 0.3 is 0 Å². The Labute approximate surface area is 199 Å². The minimum Gasteiger partial charge on any atom is -0.354 e. The third-order valence-corrected chi connectivity index (χ3v) is 6.96. The van der Waals surface area contributed by atoms with Gasteiger partial charge in [0.05, 0.1) is 16.6 Å². The van der Waals surface area contributed by atoms with Crippen molar-refractivity contribution < 1.29 is 0 Å². The van der Waals surface area contributed by atoms with Crippen LogP contribution < -0.4 is 10.9 Å². The minimum absolute atomic E-state index is 0.0196. The SMILES string of the molecule is CC(C)CCc1ccc2[nH]c3cc4c(=O)c5ccccc5[nH]c4cc3c(=O)c2c1CCC(C)C. The van der Waals surface area contributed by atoms with Gasteiger partial charge in [-0.2, -0.15) is 0 Å². The summed E-state index contributed by atoms with van der Waals surface area (Å²) in [6.07, 6.45) is 4.02. The fourth-order valence-electron chi connectivity index (χ4n) is 4.99. The molecule has 5 rings (SSSR count). The molecule has 0 unspecified atom stereocenters. The van der Waals surface area contributed by atoms with Gasteiger partial charge in [0.25, 0.3) is 0 Å². The van der Waals surface area contributed by atoms with Crippen LogP contribution in [0.5, 0.6) is 0 Å². The van der Waals surface area contributed by atoms with Gasteiger partial charge in [-0.05, 0) is 79.0 Å². The number of benzene rings is 3. The van der Waals surface area contributed by atoms with Crippen molar-refractivity contribution in [3.05, 3.63) is 80.1 Å². The molecule has 2 heterocycles. The van der Waals surface area contributed by atoms with E-state index in [0.717, 1.165) is 42.1 Å². The lowest BCUT2D eigenvalue weighted by Gasteiger charge is -2.16. The molecule has 5 aromatic rings. The van der Waals surface area contributed by atoms with Crippen molar-refractivity contribution in [3.63, 3.8) is 0 Å². The van der Waals surface area contributed by atoms with Crippen LogP contribution in [0, 0.1) is 11.8 Å². The molecule has 0 fully saturated rings. The summed E-state index contributed by atoms with van der Waals surface area (Å²) in [5.74, 6) is 1.18. The Morgan fingerprint density at radius 1 is 0.647 bits per heavy atom. The first-order valence-corrected chi connectivity index (χ1v) is 12.4. The van der Waals surface area contributed by atoms with E-state index in [0.29, 0.717) is 39.0 Å². The number of hydrogen-bond acceptors (Lipinski definition) is 2. The normalized spacial score (nSPS) is 12.2. The standard InChI is InChI=1S/C30H32N2O2/c1-17(2)9-11-19-12-14-25-28(20(19)13-10-18(3)4)30(34)23-16-26-22(15-27(23)32-25)29(33)21-7-5-6-8-24(21)31-26/h5-8,12,14-18H,9-11,13H2,1-4H3,(H,31,33)(H,32,34). The zero-order chi connectivity index (χ0) is 24.0. The highest BCUT2D eigenvalue weighted by Gasteiger charge is 2.16. The topological polar surface area (TPSA) is 65.7 Å². The molecule has 0 amide bonds. The Bertz CT molecular complexity index is 1650. The summed E-state index contributed by atoms with van der Waals surface area (Å²) in [6, 6.07) is 15.4. The van der Waals surface area contributed by atoms with Crippen molar-refractivity contribution in [3.8, 4) is 0 Å². The van der Waals surface area contributed by atoms with Crippen molar-refractivity contribution in [1.82, 2.24) is 9.97 Å². The molecule has 2 aromatic heterocycles. The number of fused-ring (bicyclic) bond motifs is 4. The molecule has 174 valence electrons. The van der Waals surface area contributed by atoms with E-state index in [1.807, 2.05) is 42.5 Å². The highest BCUT2D eigenvalue weighted by Crippen LogP contribution is 2.27. The van der Waals surface area contributed by atoms with Crippen molar-refractivity contribution in [2.75, 3.05) is 0 Å². The number of aromatic nitrogens is 2. The van der Waals surface area contributed by atoms with Crippen molar-refractivity contribution in [2.24, 2.45) is 11.8 Å². The maximum absolute atomic E-state index is 13.9. The first-order chi connectivity index (χ1) is 16.3. The fourth-order valence-corrected chi connectivity index (χ4v) is 4.99. The quantitative estimate of drug-likeness (QED) is 0.277. The summed E-state index contributed by atoms with van der Waals surface area (Å²) >= 11 is 0. The van der Waals surface area contributed by atoms with E-state index < -0.39 is 0 Å². The summed E-state index contributed by atoms with van der Waals surface area (Å²) in [4.78, 5) is 33.9. The number of H-pyrrole nitrogens is 2.